The van der Waals surface area contributed by atoms with E-state index in [0.29, 0.717) is 0 Å². The smallest absolute Gasteiger partial charge is 0.289 e. The first-order chi connectivity index (χ1) is 3.66. The molecule has 46 valence electrons. The lowest BCUT2D eigenvalue weighted by Crippen LogP contribution is -2.29. The summed E-state index contributed by atoms with van der Waals surface area (Å²) < 4.78 is 0. The zero-order valence-electron chi connectivity index (χ0n) is 3.74. The maximum Gasteiger partial charge on any atom is 0.289 e. The molecule has 0 fully saturated rings. The van der Waals surface area contributed by atoms with Gasteiger partial charge in [-0.3, -0.25) is 5.21 Å². The number of hydrogen-bond donors (Lipinski definition) is 3. The lowest BCUT2D eigenvalue weighted by molar-refractivity contribution is -0.485. The molecular formula is CH4N4O3. The summed E-state index contributed by atoms with van der Waals surface area (Å²) in [7, 11) is 0. The first-order valence-electron chi connectivity index (χ1n) is 1.55. The van der Waals surface area contributed by atoms with Crippen molar-refractivity contribution in [3.05, 3.63) is 10.1 Å². The summed E-state index contributed by atoms with van der Waals surface area (Å²) in [6.07, 6.45) is 0. The highest BCUT2D eigenvalue weighted by Gasteiger charge is 1.92. The number of hydroxylamine groups is 1. The first-order valence-corrected chi connectivity index (χ1v) is 1.55. The number of guanidine groups is 1. The molecule has 0 saturated heterocycles. The van der Waals surface area contributed by atoms with Gasteiger partial charge in [0, 0.05) is 0 Å². The average Bonchev–Trinajstić information content (AvgIpc) is 1.65. The van der Waals surface area contributed by atoms with Crippen LogP contribution in [0.5, 0.6) is 0 Å². The van der Waals surface area contributed by atoms with Crippen molar-refractivity contribution in [2.24, 2.45) is 10.8 Å². The fraction of sp³-hybridized carbons (Fsp3) is 0. The molecule has 7 nitrogen and oxygen atoms in total. The summed E-state index contributed by atoms with van der Waals surface area (Å²) in [6, 6.07) is 0. The van der Waals surface area contributed by atoms with Gasteiger partial charge >= 0.3 is 0 Å². The van der Waals surface area contributed by atoms with Gasteiger partial charge in [-0.2, -0.15) is 0 Å². The van der Waals surface area contributed by atoms with Gasteiger partial charge in [-0.25, -0.2) is 15.6 Å². The molecule has 4 N–H and O–H groups in total. The lowest BCUT2D eigenvalue weighted by Gasteiger charge is -1.86. The number of rotatable bonds is 1. The fourth-order valence-electron chi connectivity index (χ4n) is 0.110. The highest BCUT2D eigenvalue weighted by atomic mass is 16.7. The molecule has 0 saturated carbocycles. The van der Waals surface area contributed by atoms with Crippen LogP contribution in [0, 0.1) is 10.1 Å². The summed E-state index contributed by atoms with van der Waals surface area (Å²) in [5.41, 5.74) is 5.90. The third-order valence-electron chi connectivity index (χ3n) is 0.304. The van der Waals surface area contributed by atoms with Crippen LogP contribution >= 0.6 is 0 Å². The second-order valence-electron chi connectivity index (χ2n) is 0.835. The molecule has 0 spiro atoms. The molecule has 0 aromatic rings. The number of nitro groups is 1. The van der Waals surface area contributed by atoms with Crippen LogP contribution in [0.15, 0.2) is 5.10 Å². The van der Waals surface area contributed by atoms with E-state index >= 15 is 0 Å². The highest BCUT2D eigenvalue weighted by Crippen LogP contribution is 1.64. The predicted octanol–water partition coefficient (Wildman–Crippen LogP) is -1.53. The maximum absolute atomic E-state index is 9.36. The third kappa shape index (κ3) is 2.85. The van der Waals surface area contributed by atoms with Crippen LogP contribution in [0.4, 0.5) is 0 Å². The summed E-state index contributed by atoms with van der Waals surface area (Å²) >= 11 is 0. The van der Waals surface area contributed by atoms with E-state index in [4.69, 9.17) is 5.21 Å². The summed E-state index contributed by atoms with van der Waals surface area (Å²) in [4.78, 5) is 9.36. The van der Waals surface area contributed by atoms with Crippen molar-refractivity contribution in [1.82, 2.24) is 5.48 Å². The number of nitrogens with zero attached hydrogens (tertiary/aromatic N) is 2. The van der Waals surface area contributed by atoms with Gasteiger partial charge in [0.15, 0.2) is 5.03 Å². The minimum atomic E-state index is -1.03. The Labute approximate surface area is 43.9 Å². The Hall–Kier alpha value is -1.37. The molecule has 0 bridgehead atoms. The second kappa shape index (κ2) is 2.75. The van der Waals surface area contributed by atoms with Crippen LogP contribution in [-0.4, -0.2) is 16.2 Å². The summed E-state index contributed by atoms with van der Waals surface area (Å²) in [5, 5.41) is 18.6. The third-order valence-corrected chi connectivity index (χ3v) is 0.304. The van der Waals surface area contributed by atoms with Gasteiger partial charge in [0.25, 0.3) is 5.96 Å². The molecular weight excluding hydrogens is 116 g/mol. The number of nitrogens with one attached hydrogen (secondary N) is 1. The SMILES string of the molecule is NC(=N[N+](=O)[O-])NO. The molecule has 0 radical (unpaired) electrons. The average molecular weight is 120 g/mol. The Bertz CT molecular complexity index is 118. The Morgan fingerprint density at radius 2 is 2.50 bits per heavy atom. The van der Waals surface area contributed by atoms with E-state index in [2.05, 4.69) is 10.8 Å². The van der Waals surface area contributed by atoms with Gasteiger partial charge in [0.05, 0.1) is 0 Å². The van der Waals surface area contributed by atoms with Gasteiger partial charge in [-0.15, -0.1) is 0 Å². The Kier molecular flexibility index (Phi) is 2.28. The molecule has 0 amide bonds. The maximum atomic E-state index is 9.36. The fourth-order valence-corrected chi connectivity index (χ4v) is 0.110. The van der Waals surface area contributed by atoms with Crippen molar-refractivity contribution < 1.29 is 10.2 Å². The Morgan fingerprint density at radius 3 is 2.62 bits per heavy atom. The molecule has 0 unspecified atom stereocenters. The molecule has 0 rings (SSSR count). The molecule has 0 heterocycles. The van der Waals surface area contributed by atoms with Crippen molar-refractivity contribution in [3.63, 3.8) is 0 Å². The molecule has 0 aliphatic heterocycles. The van der Waals surface area contributed by atoms with Gasteiger partial charge in [-0.05, 0) is 0 Å². The summed E-state index contributed by atoms with van der Waals surface area (Å²) in [6.45, 7) is 0. The minimum absolute atomic E-state index is 0.644. The van der Waals surface area contributed by atoms with E-state index < -0.39 is 11.0 Å². The lowest BCUT2D eigenvalue weighted by atomic mass is 11.1. The molecule has 7 heteroatoms. The zero-order valence-corrected chi connectivity index (χ0v) is 3.74. The molecule has 0 aliphatic rings. The van der Waals surface area contributed by atoms with E-state index in [1.54, 1.807) is 0 Å². The summed E-state index contributed by atoms with van der Waals surface area (Å²) in [5.74, 6) is -0.644. The molecule has 8 heavy (non-hydrogen) atoms. The van der Waals surface area contributed by atoms with Crippen molar-refractivity contribution in [1.29, 1.82) is 0 Å². The van der Waals surface area contributed by atoms with E-state index in [1.165, 1.54) is 5.48 Å². The van der Waals surface area contributed by atoms with Gasteiger partial charge in [0.2, 0.25) is 0 Å². The normalized spacial score (nSPS) is 10.9. The Balaban J connectivity index is 3.75. The van der Waals surface area contributed by atoms with E-state index in [-0.39, 0.29) is 0 Å². The molecule has 0 aromatic carbocycles. The van der Waals surface area contributed by atoms with Gasteiger partial charge < -0.3 is 5.73 Å². The number of hydrogen-bond acceptors (Lipinski definition) is 3. The van der Waals surface area contributed by atoms with Crippen molar-refractivity contribution in [2.75, 3.05) is 0 Å². The van der Waals surface area contributed by atoms with E-state index in [9.17, 15) is 10.1 Å². The molecule has 0 aromatic heterocycles. The van der Waals surface area contributed by atoms with Crippen molar-refractivity contribution in [2.45, 2.75) is 0 Å². The quantitative estimate of drug-likeness (QED) is 0.168. The first kappa shape index (κ1) is 6.63. The highest BCUT2D eigenvalue weighted by molar-refractivity contribution is 5.75. The zero-order chi connectivity index (χ0) is 6.57. The monoisotopic (exact) mass is 120 g/mol. The van der Waals surface area contributed by atoms with Crippen molar-refractivity contribution in [3.8, 4) is 0 Å². The molecule has 0 aliphatic carbocycles. The number of hydrazone groups is 1. The van der Waals surface area contributed by atoms with Crippen molar-refractivity contribution >= 4 is 5.96 Å². The molecule has 0 atom stereocenters. The largest absolute Gasteiger partial charge is 0.363 e. The van der Waals surface area contributed by atoms with Crippen LogP contribution < -0.4 is 11.2 Å². The van der Waals surface area contributed by atoms with Crippen LogP contribution in [0.2, 0.25) is 0 Å². The van der Waals surface area contributed by atoms with E-state index in [0.717, 1.165) is 0 Å². The van der Waals surface area contributed by atoms with Gasteiger partial charge in [0.1, 0.15) is 5.10 Å². The van der Waals surface area contributed by atoms with Crippen LogP contribution in [0.1, 0.15) is 0 Å². The van der Waals surface area contributed by atoms with Crippen LogP contribution in [-0.2, 0) is 0 Å². The van der Waals surface area contributed by atoms with E-state index in [1.807, 2.05) is 0 Å². The number of nitrogens with two attached hydrogens (primary N) is 1. The van der Waals surface area contributed by atoms with Crippen LogP contribution in [0.3, 0.4) is 0 Å². The second-order valence-corrected chi connectivity index (χ2v) is 0.835. The predicted molar refractivity (Wildman–Crippen MR) is 23.5 cm³/mol. The standard InChI is InChI=1S/CH4N4O3/c2-1(4-6)3-5(7)8/h6H,(H3,2,3,4). The van der Waals surface area contributed by atoms with Gasteiger partial charge in [-0.1, -0.05) is 0 Å². The van der Waals surface area contributed by atoms with Crippen LogP contribution in [0.25, 0.3) is 0 Å². The minimum Gasteiger partial charge on any atom is -0.363 e. The Morgan fingerprint density at radius 1 is 2.00 bits per heavy atom. The topological polar surface area (TPSA) is 114 Å².